The van der Waals surface area contributed by atoms with E-state index in [1.165, 1.54) is 0 Å². The zero-order chi connectivity index (χ0) is 13.5. The minimum absolute atomic E-state index is 0.0342. The molecule has 0 aliphatic rings. The van der Waals surface area contributed by atoms with Crippen LogP contribution in [0.5, 0.6) is 5.75 Å². The summed E-state index contributed by atoms with van der Waals surface area (Å²) in [5.74, 6) is 0.757. The van der Waals surface area contributed by atoms with Crippen molar-refractivity contribution in [2.75, 3.05) is 13.7 Å². The first-order valence-corrected chi connectivity index (χ1v) is 6.10. The van der Waals surface area contributed by atoms with Crippen LogP contribution in [0.1, 0.15) is 19.4 Å². The summed E-state index contributed by atoms with van der Waals surface area (Å²) in [5.41, 5.74) is 0.913. The fourth-order valence-corrected chi connectivity index (χ4v) is 1.57. The van der Waals surface area contributed by atoms with Crippen molar-refractivity contribution in [3.8, 4) is 5.75 Å². The number of carbonyl (C=O) groups excluding carboxylic acids is 1. The molecule has 0 aromatic heterocycles. The van der Waals surface area contributed by atoms with Crippen LogP contribution in [0.4, 0.5) is 0 Å². The zero-order valence-electron chi connectivity index (χ0n) is 11.1. The topological polar surface area (TPSA) is 58.6 Å². The van der Waals surface area contributed by atoms with Gasteiger partial charge in [0.1, 0.15) is 5.75 Å². The van der Waals surface area contributed by atoms with Crippen LogP contribution in [0.25, 0.3) is 0 Å². The van der Waals surface area contributed by atoms with Crippen LogP contribution >= 0.6 is 0 Å². The average Bonchev–Trinajstić information content (AvgIpc) is 2.37. The molecule has 18 heavy (non-hydrogen) atoms. The maximum Gasteiger partial charge on any atom is 0.224 e. The molecule has 2 atom stereocenters. The molecular formula is C14H21NO3. The standard InChI is InChI=1S/C14H21NO3/c1-10(9-16)11(2)15-14(17)8-12-5-4-6-13(7-12)18-3/h4-7,10-11,16H,8-9H2,1-3H3,(H,15,17). The van der Waals surface area contributed by atoms with E-state index in [1.807, 2.05) is 38.1 Å². The molecule has 0 spiro atoms. The molecule has 0 saturated heterocycles. The molecule has 0 fully saturated rings. The second-order valence-electron chi connectivity index (χ2n) is 4.54. The monoisotopic (exact) mass is 251 g/mol. The minimum Gasteiger partial charge on any atom is -0.497 e. The molecule has 100 valence electrons. The molecule has 1 aromatic rings. The lowest BCUT2D eigenvalue weighted by Crippen LogP contribution is -2.39. The van der Waals surface area contributed by atoms with Crippen LogP contribution in [0.3, 0.4) is 0 Å². The molecule has 1 amide bonds. The van der Waals surface area contributed by atoms with Crippen LogP contribution in [-0.2, 0) is 11.2 Å². The van der Waals surface area contributed by atoms with Gasteiger partial charge in [0.25, 0.3) is 0 Å². The number of aliphatic hydroxyl groups is 1. The maximum absolute atomic E-state index is 11.8. The number of benzene rings is 1. The van der Waals surface area contributed by atoms with Gasteiger partial charge in [-0.1, -0.05) is 19.1 Å². The molecule has 4 nitrogen and oxygen atoms in total. The van der Waals surface area contributed by atoms with Crippen molar-refractivity contribution in [1.29, 1.82) is 0 Å². The summed E-state index contributed by atoms with van der Waals surface area (Å²) in [7, 11) is 1.60. The Balaban J connectivity index is 2.53. The average molecular weight is 251 g/mol. The fraction of sp³-hybridized carbons (Fsp3) is 0.500. The largest absolute Gasteiger partial charge is 0.497 e. The molecule has 1 rings (SSSR count). The summed E-state index contributed by atoms with van der Waals surface area (Å²) in [5, 5.41) is 11.9. The van der Waals surface area contributed by atoms with Gasteiger partial charge in [0.05, 0.1) is 13.5 Å². The predicted octanol–water partition coefficient (Wildman–Crippen LogP) is 1.37. The van der Waals surface area contributed by atoms with Gasteiger partial charge < -0.3 is 15.2 Å². The highest BCUT2D eigenvalue weighted by atomic mass is 16.5. The first-order valence-electron chi connectivity index (χ1n) is 6.10. The van der Waals surface area contributed by atoms with Crippen molar-refractivity contribution in [2.45, 2.75) is 26.3 Å². The normalized spacial score (nSPS) is 13.8. The maximum atomic E-state index is 11.8. The van der Waals surface area contributed by atoms with Crippen molar-refractivity contribution < 1.29 is 14.6 Å². The predicted molar refractivity (Wildman–Crippen MR) is 70.6 cm³/mol. The Bertz CT molecular complexity index is 392. The fourth-order valence-electron chi connectivity index (χ4n) is 1.57. The van der Waals surface area contributed by atoms with Gasteiger partial charge in [0.2, 0.25) is 5.91 Å². The molecule has 4 heteroatoms. The lowest BCUT2D eigenvalue weighted by Gasteiger charge is -2.19. The molecule has 2 N–H and O–H groups in total. The number of hydrogen-bond donors (Lipinski definition) is 2. The molecule has 0 aliphatic heterocycles. The van der Waals surface area contributed by atoms with Crippen LogP contribution in [0, 0.1) is 5.92 Å². The smallest absolute Gasteiger partial charge is 0.224 e. The van der Waals surface area contributed by atoms with Gasteiger partial charge in [-0.15, -0.1) is 0 Å². The summed E-state index contributed by atoms with van der Waals surface area (Å²) < 4.78 is 5.11. The number of ether oxygens (including phenoxy) is 1. The van der Waals surface area contributed by atoms with Crippen molar-refractivity contribution in [3.05, 3.63) is 29.8 Å². The van der Waals surface area contributed by atoms with Gasteiger partial charge in [-0.2, -0.15) is 0 Å². The number of methoxy groups -OCH3 is 1. The lowest BCUT2D eigenvalue weighted by molar-refractivity contribution is -0.121. The summed E-state index contributed by atoms with van der Waals surface area (Å²) in [4.78, 5) is 11.8. The summed E-state index contributed by atoms with van der Waals surface area (Å²) in [6, 6.07) is 7.41. The first kappa shape index (κ1) is 14.5. The molecular weight excluding hydrogens is 230 g/mol. The third kappa shape index (κ3) is 4.37. The number of rotatable bonds is 6. The van der Waals surface area contributed by atoms with E-state index in [2.05, 4.69) is 5.32 Å². The van der Waals surface area contributed by atoms with E-state index in [0.717, 1.165) is 11.3 Å². The Morgan fingerprint density at radius 2 is 2.17 bits per heavy atom. The molecule has 2 unspecified atom stereocenters. The number of aliphatic hydroxyl groups excluding tert-OH is 1. The minimum atomic E-state index is -0.0453. The highest BCUT2D eigenvalue weighted by Crippen LogP contribution is 2.13. The van der Waals surface area contributed by atoms with Crippen molar-refractivity contribution >= 4 is 5.91 Å². The van der Waals surface area contributed by atoms with Crippen LogP contribution in [0.15, 0.2) is 24.3 Å². The molecule has 0 aliphatic carbocycles. The van der Waals surface area contributed by atoms with Crippen molar-refractivity contribution in [1.82, 2.24) is 5.32 Å². The summed E-state index contributed by atoms with van der Waals surface area (Å²) in [6.45, 7) is 3.86. The van der Waals surface area contributed by atoms with Crippen LogP contribution in [0.2, 0.25) is 0 Å². The third-order valence-corrected chi connectivity index (χ3v) is 3.03. The van der Waals surface area contributed by atoms with Gasteiger partial charge in [-0.25, -0.2) is 0 Å². The van der Waals surface area contributed by atoms with E-state index in [-0.39, 0.29) is 24.5 Å². The van der Waals surface area contributed by atoms with Gasteiger partial charge in [-0.05, 0) is 30.5 Å². The highest BCUT2D eigenvalue weighted by molar-refractivity contribution is 5.78. The Hall–Kier alpha value is -1.55. The lowest BCUT2D eigenvalue weighted by atomic mass is 10.0. The van der Waals surface area contributed by atoms with Gasteiger partial charge in [-0.3, -0.25) is 4.79 Å². The zero-order valence-corrected chi connectivity index (χ0v) is 11.1. The summed E-state index contributed by atoms with van der Waals surface area (Å²) >= 11 is 0. The van der Waals surface area contributed by atoms with Gasteiger partial charge >= 0.3 is 0 Å². The summed E-state index contributed by atoms with van der Waals surface area (Å²) in [6.07, 6.45) is 0.319. The highest BCUT2D eigenvalue weighted by Gasteiger charge is 2.14. The molecule has 0 radical (unpaired) electrons. The van der Waals surface area contributed by atoms with Crippen LogP contribution in [-0.4, -0.2) is 30.8 Å². The molecule has 0 saturated carbocycles. The Morgan fingerprint density at radius 3 is 2.78 bits per heavy atom. The van der Waals surface area contributed by atoms with E-state index in [0.29, 0.717) is 6.42 Å². The number of hydrogen-bond acceptors (Lipinski definition) is 3. The first-order chi connectivity index (χ1) is 8.56. The molecule has 0 bridgehead atoms. The van der Waals surface area contributed by atoms with Gasteiger partial charge in [0.15, 0.2) is 0 Å². The Kier molecular flexibility index (Phi) is 5.65. The van der Waals surface area contributed by atoms with Gasteiger partial charge in [0, 0.05) is 12.6 Å². The quantitative estimate of drug-likeness (QED) is 0.803. The molecule has 0 heterocycles. The second kappa shape index (κ2) is 7.01. The van der Waals surface area contributed by atoms with E-state index in [9.17, 15) is 4.79 Å². The SMILES string of the molecule is COc1cccc(CC(=O)NC(C)C(C)CO)c1. The van der Waals surface area contributed by atoms with Crippen molar-refractivity contribution in [2.24, 2.45) is 5.92 Å². The second-order valence-corrected chi connectivity index (χ2v) is 4.54. The Morgan fingerprint density at radius 1 is 1.44 bits per heavy atom. The van der Waals surface area contributed by atoms with Crippen molar-refractivity contribution in [3.63, 3.8) is 0 Å². The number of amides is 1. The van der Waals surface area contributed by atoms with E-state index in [4.69, 9.17) is 9.84 Å². The van der Waals surface area contributed by atoms with E-state index >= 15 is 0 Å². The third-order valence-electron chi connectivity index (χ3n) is 3.03. The Labute approximate surface area is 108 Å². The van der Waals surface area contributed by atoms with E-state index in [1.54, 1.807) is 7.11 Å². The molecule has 1 aromatic carbocycles. The van der Waals surface area contributed by atoms with E-state index < -0.39 is 0 Å². The number of nitrogens with one attached hydrogen (secondary N) is 1. The van der Waals surface area contributed by atoms with Crippen LogP contribution < -0.4 is 10.1 Å². The number of carbonyl (C=O) groups is 1.